The number of benzene rings is 2. The summed E-state index contributed by atoms with van der Waals surface area (Å²) in [6.45, 7) is 0. The molecule has 0 saturated heterocycles. The lowest BCUT2D eigenvalue weighted by atomic mass is 10.2. The van der Waals surface area contributed by atoms with Gasteiger partial charge in [-0.3, -0.25) is 9.59 Å². The number of carbonyl (C=O) groups is 3. The topological polar surface area (TPSA) is 126 Å². The Hall–Kier alpha value is -3.88. The Bertz CT molecular complexity index is 894. The maximum absolute atomic E-state index is 11.9. The van der Waals surface area contributed by atoms with Crippen LogP contribution in [0, 0.1) is 0 Å². The summed E-state index contributed by atoms with van der Waals surface area (Å²) in [6, 6.07) is 10.7. The molecule has 9 heteroatoms. The number of hydrazone groups is 1. The number of nitrogens with zero attached hydrogens (tertiary/aromatic N) is 1. The average molecular weight is 371 g/mol. The molecular weight excluding hydrogens is 354 g/mol. The molecule has 0 aliphatic carbocycles. The fourth-order valence-corrected chi connectivity index (χ4v) is 2.11. The molecule has 0 spiro atoms. The normalized spacial score (nSPS) is 10.3. The molecule has 0 aliphatic heterocycles. The highest BCUT2D eigenvalue weighted by Gasteiger charge is 2.17. The lowest BCUT2D eigenvalue weighted by Crippen LogP contribution is -2.32. The van der Waals surface area contributed by atoms with Crippen molar-refractivity contribution < 1.29 is 29.0 Å². The van der Waals surface area contributed by atoms with Crippen molar-refractivity contribution in [2.45, 2.75) is 0 Å². The fourth-order valence-electron chi connectivity index (χ4n) is 2.11. The number of aromatic carboxylic acids is 1. The third-order valence-corrected chi connectivity index (χ3v) is 3.40. The maximum Gasteiger partial charge on any atom is 0.337 e. The zero-order valence-electron chi connectivity index (χ0n) is 14.6. The number of hydrogen-bond acceptors (Lipinski definition) is 6. The predicted octanol–water partition coefficient (Wildman–Crippen LogP) is 1.49. The van der Waals surface area contributed by atoms with Crippen LogP contribution in [0.2, 0.25) is 0 Å². The number of para-hydroxylation sites is 1. The van der Waals surface area contributed by atoms with E-state index >= 15 is 0 Å². The first-order chi connectivity index (χ1) is 13.0. The van der Waals surface area contributed by atoms with Gasteiger partial charge in [0.2, 0.25) is 0 Å². The van der Waals surface area contributed by atoms with Crippen LogP contribution in [0.4, 0.5) is 5.69 Å². The van der Waals surface area contributed by atoms with E-state index in [9.17, 15) is 14.4 Å². The summed E-state index contributed by atoms with van der Waals surface area (Å²) >= 11 is 0. The van der Waals surface area contributed by atoms with Gasteiger partial charge in [-0.05, 0) is 35.9 Å². The number of hydrogen-bond donors (Lipinski definition) is 3. The highest BCUT2D eigenvalue weighted by Crippen LogP contribution is 2.26. The van der Waals surface area contributed by atoms with Crippen molar-refractivity contribution in [3.8, 4) is 11.5 Å². The number of amides is 2. The molecule has 0 atom stereocenters. The molecule has 0 aromatic heterocycles. The van der Waals surface area contributed by atoms with Crippen LogP contribution in [-0.2, 0) is 9.59 Å². The van der Waals surface area contributed by atoms with Crippen LogP contribution in [0.1, 0.15) is 15.9 Å². The summed E-state index contributed by atoms with van der Waals surface area (Å²) in [5.74, 6) is -2.30. The minimum Gasteiger partial charge on any atom is -0.493 e. The van der Waals surface area contributed by atoms with E-state index in [-0.39, 0.29) is 11.3 Å². The molecule has 0 saturated carbocycles. The van der Waals surface area contributed by atoms with Gasteiger partial charge in [-0.2, -0.15) is 5.10 Å². The second kappa shape index (κ2) is 8.99. The number of ether oxygens (including phenoxy) is 2. The Balaban J connectivity index is 2.00. The Labute approximate surface area is 154 Å². The minimum absolute atomic E-state index is 0.00835. The van der Waals surface area contributed by atoms with Crippen molar-refractivity contribution in [1.82, 2.24) is 5.43 Å². The van der Waals surface area contributed by atoms with Gasteiger partial charge in [0.15, 0.2) is 11.5 Å². The molecule has 0 aliphatic rings. The summed E-state index contributed by atoms with van der Waals surface area (Å²) < 4.78 is 10.3. The van der Waals surface area contributed by atoms with Crippen molar-refractivity contribution in [2.24, 2.45) is 5.10 Å². The lowest BCUT2D eigenvalue weighted by molar-refractivity contribution is -0.136. The van der Waals surface area contributed by atoms with Crippen molar-refractivity contribution >= 4 is 29.7 Å². The van der Waals surface area contributed by atoms with Gasteiger partial charge in [0, 0.05) is 0 Å². The molecule has 140 valence electrons. The zero-order chi connectivity index (χ0) is 19.8. The summed E-state index contributed by atoms with van der Waals surface area (Å²) in [6.07, 6.45) is 1.32. The number of nitrogens with one attached hydrogen (secondary N) is 2. The number of rotatable bonds is 6. The second-order valence-electron chi connectivity index (χ2n) is 5.12. The number of anilines is 1. The first-order valence-electron chi connectivity index (χ1n) is 7.65. The van der Waals surface area contributed by atoms with Crippen LogP contribution in [0.5, 0.6) is 11.5 Å². The van der Waals surface area contributed by atoms with Crippen LogP contribution >= 0.6 is 0 Å². The first-order valence-corrected chi connectivity index (χ1v) is 7.65. The van der Waals surface area contributed by atoms with E-state index in [2.05, 4.69) is 15.8 Å². The van der Waals surface area contributed by atoms with Crippen molar-refractivity contribution in [1.29, 1.82) is 0 Å². The molecule has 0 fully saturated rings. The van der Waals surface area contributed by atoms with E-state index in [0.29, 0.717) is 17.1 Å². The molecule has 0 unspecified atom stereocenters. The molecule has 9 nitrogen and oxygen atoms in total. The zero-order valence-corrected chi connectivity index (χ0v) is 14.6. The largest absolute Gasteiger partial charge is 0.493 e. The molecule has 0 radical (unpaired) electrons. The average Bonchev–Trinajstić information content (AvgIpc) is 2.67. The molecule has 27 heavy (non-hydrogen) atoms. The number of methoxy groups -OCH3 is 2. The Morgan fingerprint density at radius 3 is 2.37 bits per heavy atom. The Kier molecular flexibility index (Phi) is 6.48. The highest BCUT2D eigenvalue weighted by atomic mass is 16.5. The first kappa shape index (κ1) is 19.4. The monoisotopic (exact) mass is 371 g/mol. The third kappa shape index (κ3) is 5.05. The van der Waals surface area contributed by atoms with Gasteiger partial charge in [0.05, 0.1) is 31.7 Å². The molecule has 3 N–H and O–H groups in total. The number of carboxylic acid groups (broad SMARTS) is 1. The van der Waals surface area contributed by atoms with Gasteiger partial charge in [-0.25, -0.2) is 10.2 Å². The maximum atomic E-state index is 11.9. The standard InChI is InChI=1S/C18H17N3O6/c1-26-14-8-7-11(9-15(14)27-2)10-19-21-17(23)16(22)20-13-6-4-3-5-12(13)18(24)25/h3-10H,1-2H3,(H,20,22)(H,21,23)(H,24,25)/b19-10-. The lowest BCUT2D eigenvalue weighted by Gasteiger charge is -2.08. The van der Waals surface area contributed by atoms with Gasteiger partial charge in [-0.15, -0.1) is 0 Å². The van der Waals surface area contributed by atoms with Crippen LogP contribution in [0.15, 0.2) is 47.6 Å². The Morgan fingerprint density at radius 1 is 1.00 bits per heavy atom. The molecule has 2 rings (SSSR count). The van der Waals surface area contributed by atoms with E-state index in [1.807, 2.05) is 0 Å². The van der Waals surface area contributed by atoms with Crippen LogP contribution in [-0.4, -0.2) is 43.3 Å². The van der Waals surface area contributed by atoms with Gasteiger partial charge in [-0.1, -0.05) is 12.1 Å². The van der Waals surface area contributed by atoms with Crippen LogP contribution in [0.3, 0.4) is 0 Å². The van der Waals surface area contributed by atoms with E-state index in [1.165, 1.54) is 44.7 Å². The van der Waals surface area contributed by atoms with Crippen molar-refractivity contribution in [3.05, 3.63) is 53.6 Å². The summed E-state index contributed by atoms with van der Waals surface area (Å²) in [5.41, 5.74) is 2.54. The van der Waals surface area contributed by atoms with Crippen LogP contribution < -0.4 is 20.2 Å². The molecular formula is C18H17N3O6. The fraction of sp³-hybridized carbons (Fsp3) is 0.111. The second-order valence-corrected chi connectivity index (χ2v) is 5.12. The summed E-state index contributed by atoms with van der Waals surface area (Å²) in [5, 5.41) is 15.0. The van der Waals surface area contributed by atoms with Crippen molar-refractivity contribution in [2.75, 3.05) is 19.5 Å². The summed E-state index contributed by atoms with van der Waals surface area (Å²) in [7, 11) is 2.99. The van der Waals surface area contributed by atoms with E-state index in [0.717, 1.165) is 0 Å². The molecule has 0 heterocycles. The number of carbonyl (C=O) groups excluding carboxylic acids is 2. The number of carboxylic acids is 1. The summed E-state index contributed by atoms with van der Waals surface area (Å²) in [4.78, 5) is 34.8. The van der Waals surface area contributed by atoms with Crippen molar-refractivity contribution in [3.63, 3.8) is 0 Å². The van der Waals surface area contributed by atoms with Gasteiger partial charge < -0.3 is 19.9 Å². The molecule has 2 aromatic rings. The minimum atomic E-state index is -1.22. The molecule has 2 amide bonds. The predicted molar refractivity (Wildman–Crippen MR) is 97.3 cm³/mol. The SMILES string of the molecule is COc1ccc(/C=N\NC(=O)C(=O)Nc2ccccc2C(=O)O)cc1OC. The van der Waals surface area contributed by atoms with Gasteiger partial charge in [0.1, 0.15) is 0 Å². The smallest absolute Gasteiger partial charge is 0.337 e. The molecule has 0 bridgehead atoms. The van der Waals surface area contributed by atoms with Crippen LogP contribution in [0.25, 0.3) is 0 Å². The van der Waals surface area contributed by atoms with Gasteiger partial charge in [0.25, 0.3) is 0 Å². The molecule has 2 aromatic carbocycles. The van der Waals surface area contributed by atoms with E-state index < -0.39 is 17.8 Å². The highest BCUT2D eigenvalue weighted by molar-refractivity contribution is 6.39. The quantitative estimate of drug-likeness (QED) is 0.401. The van der Waals surface area contributed by atoms with E-state index in [4.69, 9.17) is 14.6 Å². The van der Waals surface area contributed by atoms with E-state index in [1.54, 1.807) is 18.2 Å². The third-order valence-electron chi connectivity index (χ3n) is 3.40. The van der Waals surface area contributed by atoms with Gasteiger partial charge >= 0.3 is 17.8 Å². The Morgan fingerprint density at radius 2 is 1.70 bits per heavy atom.